The Bertz CT molecular complexity index is 217. The smallest absolute Gasteiger partial charge is 0.410 e. The molecule has 0 bridgehead atoms. The van der Waals surface area contributed by atoms with Crippen LogP contribution >= 0.6 is 0 Å². The lowest BCUT2D eigenvalue weighted by Crippen LogP contribution is -2.42. The Labute approximate surface area is 77.8 Å². The summed E-state index contributed by atoms with van der Waals surface area (Å²) in [5, 5.41) is 0. The molecule has 1 saturated carbocycles. The third kappa shape index (κ3) is 1.77. The normalized spacial score (nSPS) is 31.5. The van der Waals surface area contributed by atoms with Gasteiger partial charge in [-0.1, -0.05) is 0 Å². The van der Waals surface area contributed by atoms with Gasteiger partial charge in [-0.25, -0.2) is 4.79 Å². The molecule has 1 heterocycles. The van der Waals surface area contributed by atoms with Gasteiger partial charge in [0.2, 0.25) is 0 Å². The van der Waals surface area contributed by atoms with Gasteiger partial charge in [-0.05, 0) is 20.3 Å². The number of nitrogens with zero attached hydrogens (tertiary/aromatic N) is 1. The summed E-state index contributed by atoms with van der Waals surface area (Å²) >= 11 is 0. The molecule has 1 aliphatic heterocycles. The molecular weight excluding hydrogens is 170 g/mol. The Kier molecular flexibility index (Phi) is 2.15. The number of carbonyl (C=O) groups excluding carboxylic acids is 1. The minimum Gasteiger partial charge on any atom is -0.447 e. The first kappa shape index (κ1) is 8.81. The SMILES string of the molecule is CC(C)OC(=O)N1CCOC2CC21. The number of rotatable bonds is 1. The monoisotopic (exact) mass is 185 g/mol. The van der Waals surface area contributed by atoms with Crippen LogP contribution in [0.25, 0.3) is 0 Å². The lowest BCUT2D eigenvalue weighted by Gasteiger charge is -2.26. The molecule has 1 aliphatic carbocycles. The number of morpholine rings is 1. The van der Waals surface area contributed by atoms with E-state index in [2.05, 4.69) is 0 Å². The van der Waals surface area contributed by atoms with E-state index in [1.54, 1.807) is 4.90 Å². The van der Waals surface area contributed by atoms with Crippen molar-refractivity contribution in [3.8, 4) is 0 Å². The number of hydrogen-bond acceptors (Lipinski definition) is 3. The van der Waals surface area contributed by atoms with E-state index in [-0.39, 0.29) is 18.3 Å². The van der Waals surface area contributed by atoms with Crippen LogP contribution in [0.1, 0.15) is 20.3 Å². The highest BCUT2D eigenvalue weighted by atomic mass is 16.6. The van der Waals surface area contributed by atoms with E-state index >= 15 is 0 Å². The second-order valence-electron chi connectivity index (χ2n) is 3.84. The van der Waals surface area contributed by atoms with Crippen LogP contribution in [0.15, 0.2) is 0 Å². The van der Waals surface area contributed by atoms with Crippen molar-refractivity contribution in [3.05, 3.63) is 0 Å². The van der Waals surface area contributed by atoms with E-state index in [0.29, 0.717) is 19.2 Å². The molecule has 74 valence electrons. The van der Waals surface area contributed by atoms with Gasteiger partial charge in [0.1, 0.15) is 0 Å². The highest BCUT2D eigenvalue weighted by Gasteiger charge is 2.48. The van der Waals surface area contributed by atoms with Gasteiger partial charge in [-0.3, -0.25) is 0 Å². The summed E-state index contributed by atoms with van der Waals surface area (Å²) in [5.41, 5.74) is 0. The summed E-state index contributed by atoms with van der Waals surface area (Å²) < 4.78 is 10.5. The van der Waals surface area contributed by atoms with E-state index in [9.17, 15) is 4.79 Å². The minimum atomic E-state index is -0.189. The number of carbonyl (C=O) groups is 1. The number of amides is 1. The second kappa shape index (κ2) is 3.18. The van der Waals surface area contributed by atoms with Gasteiger partial charge >= 0.3 is 6.09 Å². The third-order valence-corrected chi connectivity index (χ3v) is 2.34. The van der Waals surface area contributed by atoms with Crippen molar-refractivity contribution in [2.45, 2.75) is 38.5 Å². The molecule has 2 unspecified atom stereocenters. The topological polar surface area (TPSA) is 38.8 Å². The molecule has 0 aromatic rings. The average Bonchev–Trinajstić information content (AvgIpc) is 2.79. The molecule has 2 rings (SSSR count). The zero-order valence-electron chi connectivity index (χ0n) is 8.03. The molecule has 0 aromatic heterocycles. The third-order valence-electron chi connectivity index (χ3n) is 2.34. The molecule has 0 aromatic carbocycles. The van der Waals surface area contributed by atoms with Crippen LogP contribution in [0, 0.1) is 0 Å². The molecule has 0 spiro atoms. The predicted octanol–water partition coefficient (Wildman–Crippen LogP) is 1.00. The van der Waals surface area contributed by atoms with Gasteiger partial charge in [0.25, 0.3) is 0 Å². The van der Waals surface area contributed by atoms with E-state index in [1.807, 2.05) is 13.8 Å². The van der Waals surface area contributed by atoms with E-state index in [1.165, 1.54) is 0 Å². The van der Waals surface area contributed by atoms with Crippen LogP contribution in [0.2, 0.25) is 0 Å². The molecule has 2 fully saturated rings. The molecule has 1 saturated heterocycles. The Morgan fingerprint density at radius 3 is 3.08 bits per heavy atom. The maximum absolute atomic E-state index is 11.5. The number of hydrogen-bond donors (Lipinski definition) is 0. The first-order valence-corrected chi connectivity index (χ1v) is 4.77. The highest BCUT2D eigenvalue weighted by Crippen LogP contribution is 2.34. The van der Waals surface area contributed by atoms with Crippen molar-refractivity contribution in [3.63, 3.8) is 0 Å². The number of ether oxygens (including phenoxy) is 2. The fraction of sp³-hybridized carbons (Fsp3) is 0.889. The lowest BCUT2D eigenvalue weighted by atomic mass is 10.4. The maximum atomic E-state index is 11.5. The summed E-state index contributed by atoms with van der Waals surface area (Å²) in [6.07, 6.45) is 1.04. The zero-order valence-corrected chi connectivity index (χ0v) is 8.03. The first-order valence-electron chi connectivity index (χ1n) is 4.77. The summed E-state index contributed by atoms with van der Waals surface area (Å²) in [6, 6.07) is 0.292. The van der Waals surface area contributed by atoms with Crippen molar-refractivity contribution in [2.24, 2.45) is 0 Å². The average molecular weight is 185 g/mol. The van der Waals surface area contributed by atoms with Crippen molar-refractivity contribution in [1.82, 2.24) is 4.90 Å². The quantitative estimate of drug-likeness (QED) is 0.612. The standard InChI is InChI=1S/C9H15NO3/c1-6(2)13-9(11)10-3-4-12-8-5-7(8)10/h6-8H,3-5H2,1-2H3. The fourth-order valence-corrected chi connectivity index (χ4v) is 1.63. The van der Waals surface area contributed by atoms with Gasteiger partial charge in [0, 0.05) is 6.54 Å². The van der Waals surface area contributed by atoms with E-state index in [4.69, 9.17) is 9.47 Å². The van der Waals surface area contributed by atoms with Crippen molar-refractivity contribution in [1.29, 1.82) is 0 Å². The van der Waals surface area contributed by atoms with Crippen LogP contribution in [-0.2, 0) is 9.47 Å². The van der Waals surface area contributed by atoms with Crippen LogP contribution in [0.5, 0.6) is 0 Å². The van der Waals surface area contributed by atoms with Gasteiger partial charge in [0.15, 0.2) is 0 Å². The number of fused-ring (bicyclic) bond motifs is 1. The molecule has 1 amide bonds. The molecular formula is C9H15NO3. The van der Waals surface area contributed by atoms with Crippen LogP contribution in [0.3, 0.4) is 0 Å². The summed E-state index contributed by atoms with van der Waals surface area (Å²) in [4.78, 5) is 13.3. The minimum absolute atomic E-state index is 0.0347. The fourth-order valence-electron chi connectivity index (χ4n) is 1.63. The molecule has 2 aliphatic rings. The van der Waals surface area contributed by atoms with E-state index in [0.717, 1.165) is 6.42 Å². The summed E-state index contributed by atoms with van der Waals surface area (Å²) in [7, 11) is 0. The van der Waals surface area contributed by atoms with Crippen molar-refractivity contribution in [2.75, 3.05) is 13.2 Å². The first-order chi connectivity index (χ1) is 6.18. The summed E-state index contributed by atoms with van der Waals surface area (Å²) in [5.74, 6) is 0. The van der Waals surface area contributed by atoms with Gasteiger partial charge in [0.05, 0.1) is 24.9 Å². The van der Waals surface area contributed by atoms with Gasteiger partial charge in [-0.15, -0.1) is 0 Å². The molecule has 13 heavy (non-hydrogen) atoms. The largest absolute Gasteiger partial charge is 0.447 e. The second-order valence-corrected chi connectivity index (χ2v) is 3.84. The Hall–Kier alpha value is -0.770. The molecule has 0 N–H and O–H groups in total. The van der Waals surface area contributed by atoms with Gasteiger partial charge in [-0.2, -0.15) is 0 Å². The Morgan fingerprint density at radius 2 is 2.38 bits per heavy atom. The predicted molar refractivity (Wildman–Crippen MR) is 46.5 cm³/mol. The van der Waals surface area contributed by atoms with Gasteiger partial charge < -0.3 is 14.4 Å². The Balaban J connectivity index is 1.88. The van der Waals surface area contributed by atoms with Crippen molar-refractivity contribution >= 4 is 6.09 Å². The van der Waals surface area contributed by atoms with Crippen molar-refractivity contribution < 1.29 is 14.3 Å². The highest BCUT2D eigenvalue weighted by molar-refractivity contribution is 5.69. The molecule has 0 radical (unpaired) electrons. The van der Waals surface area contributed by atoms with E-state index < -0.39 is 0 Å². The molecule has 2 atom stereocenters. The molecule has 4 nitrogen and oxygen atoms in total. The maximum Gasteiger partial charge on any atom is 0.410 e. The van der Waals surface area contributed by atoms with Crippen LogP contribution in [-0.4, -0.2) is 42.4 Å². The zero-order chi connectivity index (χ0) is 9.42. The Morgan fingerprint density at radius 1 is 1.62 bits per heavy atom. The van der Waals surface area contributed by atoms with Crippen LogP contribution in [0.4, 0.5) is 4.79 Å². The van der Waals surface area contributed by atoms with Crippen LogP contribution < -0.4 is 0 Å². The lowest BCUT2D eigenvalue weighted by molar-refractivity contribution is 0.0145. The summed E-state index contributed by atoms with van der Waals surface area (Å²) in [6.45, 7) is 5.05. The molecule has 4 heteroatoms.